The van der Waals surface area contributed by atoms with E-state index in [1.54, 1.807) is 0 Å². The molecular weight excluding hydrogens is 178 g/mol. The molecule has 1 aromatic heterocycles. The largest absolute Gasteiger partial charge is 0.340 e. The lowest BCUT2D eigenvalue weighted by Gasteiger charge is -2.04. The van der Waals surface area contributed by atoms with Crippen molar-refractivity contribution >= 4 is 0 Å². The molecule has 2 fully saturated rings. The summed E-state index contributed by atoms with van der Waals surface area (Å²) in [6.45, 7) is 4.21. The molecule has 1 N–H and O–H groups in total. The van der Waals surface area contributed by atoms with E-state index < -0.39 is 0 Å². The van der Waals surface area contributed by atoms with Crippen LogP contribution in [0.25, 0.3) is 0 Å². The van der Waals surface area contributed by atoms with Gasteiger partial charge in [-0.05, 0) is 37.8 Å². The van der Waals surface area contributed by atoms with Crippen LogP contribution in [0, 0.1) is 18.8 Å². The maximum absolute atomic E-state index is 5.02. The van der Waals surface area contributed by atoms with E-state index in [2.05, 4.69) is 15.5 Å². The van der Waals surface area contributed by atoms with Crippen molar-refractivity contribution < 1.29 is 4.52 Å². The average Bonchev–Trinajstić information content (AvgIpc) is 2.75. The summed E-state index contributed by atoms with van der Waals surface area (Å²) < 4.78 is 5.02. The van der Waals surface area contributed by atoms with E-state index in [9.17, 15) is 0 Å². The third-order valence-electron chi connectivity index (χ3n) is 3.56. The number of aryl methyl sites for hydroxylation is 1. The first-order valence-corrected chi connectivity index (χ1v) is 5.34. The van der Waals surface area contributed by atoms with E-state index in [-0.39, 0.29) is 0 Å². The highest BCUT2D eigenvalue weighted by Gasteiger charge is 2.39. The molecule has 0 spiro atoms. The molecule has 4 nitrogen and oxygen atoms in total. The Morgan fingerprint density at radius 3 is 2.57 bits per heavy atom. The van der Waals surface area contributed by atoms with Crippen molar-refractivity contribution in [3.05, 3.63) is 11.7 Å². The van der Waals surface area contributed by atoms with Crippen LogP contribution in [0.2, 0.25) is 0 Å². The number of rotatable bonds is 1. The van der Waals surface area contributed by atoms with E-state index in [1.807, 2.05) is 6.92 Å². The standard InChI is InChI=1S/C10H15N3O/c1-6-12-10(13-14-6)7-2-8-4-11-5-9(8)3-7/h7-9,11H,2-5H2,1H3/t8-,9-/m0/s1. The van der Waals surface area contributed by atoms with Crippen molar-refractivity contribution in [2.24, 2.45) is 11.8 Å². The van der Waals surface area contributed by atoms with Gasteiger partial charge in [0.05, 0.1) is 0 Å². The summed E-state index contributed by atoms with van der Waals surface area (Å²) in [4.78, 5) is 4.32. The minimum atomic E-state index is 0.546. The van der Waals surface area contributed by atoms with E-state index in [0.29, 0.717) is 11.8 Å². The second kappa shape index (κ2) is 3.05. The van der Waals surface area contributed by atoms with Crippen LogP contribution in [-0.2, 0) is 0 Å². The van der Waals surface area contributed by atoms with Crippen LogP contribution in [-0.4, -0.2) is 23.2 Å². The summed E-state index contributed by atoms with van der Waals surface area (Å²) >= 11 is 0. The summed E-state index contributed by atoms with van der Waals surface area (Å²) in [6.07, 6.45) is 2.47. The van der Waals surface area contributed by atoms with E-state index >= 15 is 0 Å². The Kier molecular flexibility index (Phi) is 1.83. The maximum Gasteiger partial charge on any atom is 0.223 e. The zero-order valence-electron chi connectivity index (χ0n) is 8.36. The molecule has 4 heteroatoms. The van der Waals surface area contributed by atoms with Gasteiger partial charge in [0.15, 0.2) is 5.82 Å². The Hall–Kier alpha value is -0.900. The van der Waals surface area contributed by atoms with E-state index in [4.69, 9.17) is 4.52 Å². The third-order valence-corrected chi connectivity index (χ3v) is 3.56. The summed E-state index contributed by atoms with van der Waals surface area (Å²) in [6, 6.07) is 0. The molecule has 1 aliphatic heterocycles. The Balaban J connectivity index is 1.76. The number of hydrogen-bond acceptors (Lipinski definition) is 4. The van der Waals surface area contributed by atoms with Crippen LogP contribution in [0.1, 0.15) is 30.5 Å². The van der Waals surface area contributed by atoms with Gasteiger partial charge in [-0.2, -0.15) is 4.98 Å². The second-order valence-electron chi connectivity index (χ2n) is 4.52. The molecule has 14 heavy (non-hydrogen) atoms. The Labute approximate surface area is 83.1 Å². The highest BCUT2D eigenvalue weighted by atomic mass is 16.5. The van der Waals surface area contributed by atoms with Crippen molar-refractivity contribution in [2.45, 2.75) is 25.7 Å². The predicted molar refractivity (Wildman–Crippen MR) is 50.9 cm³/mol. The lowest BCUT2D eigenvalue weighted by molar-refractivity contribution is 0.381. The monoisotopic (exact) mass is 193 g/mol. The molecular formula is C10H15N3O. The Morgan fingerprint density at radius 1 is 1.29 bits per heavy atom. The van der Waals surface area contributed by atoms with Crippen LogP contribution < -0.4 is 5.32 Å². The topological polar surface area (TPSA) is 51.0 Å². The van der Waals surface area contributed by atoms with Crippen molar-refractivity contribution in [1.82, 2.24) is 15.5 Å². The highest BCUT2D eigenvalue weighted by Crippen LogP contribution is 2.42. The van der Waals surface area contributed by atoms with Gasteiger partial charge in [-0.25, -0.2) is 0 Å². The first kappa shape index (κ1) is 8.41. The molecule has 0 radical (unpaired) electrons. The number of nitrogens with zero attached hydrogens (tertiary/aromatic N) is 2. The summed E-state index contributed by atoms with van der Waals surface area (Å²) in [7, 11) is 0. The van der Waals surface area contributed by atoms with Crippen molar-refractivity contribution in [3.8, 4) is 0 Å². The fourth-order valence-corrected chi connectivity index (χ4v) is 2.86. The van der Waals surface area contributed by atoms with Crippen molar-refractivity contribution in [1.29, 1.82) is 0 Å². The molecule has 0 unspecified atom stereocenters. The Bertz CT molecular complexity index is 324. The first-order chi connectivity index (χ1) is 6.83. The lowest BCUT2D eigenvalue weighted by atomic mass is 10.0. The van der Waals surface area contributed by atoms with Gasteiger partial charge >= 0.3 is 0 Å². The third kappa shape index (κ3) is 1.25. The zero-order valence-corrected chi connectivity index (χ0v) is 8.36. The fraction of sp³-hybridized carbons (Fsp3) is 0.800. The lowest BCUT2D eigenvalue weighted by Crippen LogP contribution is -2.11. The quantitative estimate of drug-likeness (QED) is 0.725. The average molecular weight is 193 g/mol. The molecule has 76 valence electrons. The van der Waals surface area contributed by atoms with Gasteiger partial charge in [-0.15, -0.1) is 0 Å². The molecule has 0 bridgehead atoms. The molecule has 1 aromatic rings. The van der Waals surface area contributed by atoms with Gasteiger partial charge in [0.2, 0.25) is 5.89 Å². The fourth-order valence-electron chi connectivity index (χ4n) is 2.86. The summed E-state index contributed by atoms with van der Waals surface area (Å²) in [5, 5.41) is 7.46. The maximum atomic E-state index is 5.02. The van der Waals surface area contributed by atoms with Gasteiger partial charge in [0, 0.05) is 12.8 Å². The Morgan fingerprint density at radius 2 is 2.00 bits per heavy atom. The van der Waals surface area contributed by atoms with Crippen LogP contribution in [0.15, 0.2) is 4.52 Å². The summed E-state index contributed by atoms with van der Waals surface area (Å²) in [5.74, 6) is 3.86. The van der Waals surface area contributed by atoms with Crippen LogP contribution in [0.5, 0.6) is 0 Å². The minimum Gasteiger partial charge on any atom is -0.340 e. The van der Waals surface area contributed by atoms with Gasteiger partial charge in [0.1, 0.15) is 0 Å². The zero-order chi connectivity index (χ0) is 9.54. The number of fused-ring (bicyclic) bond motifs is 1. The molecule has 2 atom stereocenters. The molecule has 3 rings (SSSR count). The van der Waals surface area contributed by atoms with Crippen molar-refractivity contribution in [2.75, 3.05) is 13.1 Å². The highest BCUT2D eigenvalue weighted by molar-refractivity contribution is 5.03. The second-order valence-corrected chi connectivity index (χ2v) is 4.52. The van der Waals surface area contributed by atoms with Gasteiger partial charge in [-0.1, -0.05) is 5.16 Å². The molecule has 1 aliphatic carbocycles. The van der Waals surface area contributed by atoms with Crippen LogP contribution in [0.3, 0.4) is 0 Å². The van der Waals surface area contributed by atoms with E-state index in [0.717, 1.165) is 17.7 Å². The molecule has 1 saturated heterocycles. The molecule has 2 heterocycles. The predicted octanol–water partition coefficient (Wildman–Crippen LogP) is 1.09. The normalized spacial score (nSPS) is 32.4. The molecule has 1 saturated carbocycles. The minimum absolute atomic E-state index is 0.546. The number of aromatic nitrogens is 2. The van der Waals surface area contributed by atoms with Crippen molar-refractivity contribution in [3.63, 3.8) is 0 Å². The molecule has 0 amide bonds. The molecule has 0 aromatic carbocycles. The van der Waals surface area contributed by atoms with Crippen LogP contribution >= 0.6 is 0 Å². The smallest absolute Gasteiger partial charge is 0.223 e. The summed E-state index contributed by atoms with van der Waals surface area (Å²) in [5.41, 5.74) is 0. The first-order valence-electron chi connectivity index (χ1n) is 5.34. The SMILES string of the molecule is Cc1nc(C2C[C@H]3CNC[C@@H]3C2)no1. The molecule has 2 aliphatic rings. The number of nitrogens with one attached hydrogen (secondary N) is 1. The van der Waals surface area contributed by atoms with Gasteiger partial charge < -0.3 is 9.84 Å². The van der Waals surface area contributed by atoms with E-state index in [1.165, 1.54) is 25.9 Å². The van der Waals surface area contributed by atoms with Gasteiger partial charge in [0.25, 0.3) is 0 Å². The van der Waals surface area contributed by atoms with Gasteiger partial charge in [-0.3, -0.25) is 0 Å². The van der Waals surface area contributed by atoms with Crippen LogP contribution in [0.4, 0.5) is 0 Å². The number of hydrogen-bond donors (Lipinski definition) is 1.